The van der Waals surface area contributed by atoms with E-state index in [1.165, 1.54) is 17.3 Å². The molecule has 0 aliphatic carbocycles. The molecule has 1 fully saturated rings. The summed E-state index contributed by atoms with van der Waals surface area (Å²) in [7, 11) is 1.55. The number of piperidine rings is 1. The number of methoxy groups -OCH3 is 1. The summed E-state index contributed by atoms with van der Waals surface area (Å²) in [4.78, 5) is 45.3. The number of anilines is 2. The van der Waals surface area contributed by atoms with E-state index in [-0.39, 0.29) is 18.2 Å². The van der Waals surface area contributed by atoms with Crippen LogP contribution in [0.2, 0.25) is 5.02 Å². The number of thiazole rings is 1. The van der Waals surface area contributed by atoms with Crippen molar-refractivity contribution in [2.24, 2.45) is 5.92 Å². The van der Waals surface area contributed by atoms with Gasteiger partial charge >= 0.3 is 0 Å². The summed E-state index contributed by atoms with van der Waals surface area (Å²) in [5.41, 5.74) is 2.67. The van der Waals surface area contributed by atoms with Gasteiger partial charge in [-0.15, -0.1) is 0 Å². The molecule has 1 aromatic carbocycles. The first-order valence-corrected chi connectivity index (χ1v) is 12.5. The van der Waals surface area contributed by atoms with Gasteiger partial charge in [0.15, 0.2) is 21.4 Å². The zero-order valence-electron chi connectivity index (χ0n) is 19.9. The van der Waals surface area contributed by atoms with Gasteiger partial charge in [0, 0.05) is 41.0 Å². The Morgan fingerprint density at radius 2 is 2.08 bits per heavy atom. The number of hydrogen-bond acceptors (Lipinski definition) is 9. The highest BCUT2D eigenvalue weighted by Crippen LogP contribution is 2.35. The number of amides is 2. The summed E-state index contributed by atoms with van der Waals surface area (Å²) in [5, 5.41) is 12.7. The van der Waals surface area contributed by atoms with Crippen LogP contribution in [0.4, 0.5) is 10.9 Å². The smallest absolute Gasteiger partial charge is 0.259 e. The highest BCUT2D eigenvalue weighted by atomic mass is 35.5. The molecule has 3 aromatic heterocycles. The van der Waals surface area contributed by atoms with Gasteiger partial charge in [-0.25, -0.2) is 9.97 Å². The zero-order valence-corrected chi connectivity index (χ0v) is 21.4. The summed E-state index contributed by atoms with van der Waals surface area (Å²) in [5.74, 6) is 0.100. The normalized spacial score (nSPS) is 15.5. The van der Waals surface area contributed by atoms with Crippen molar-refractivity contribution >= 4 is 56.2 Å². The van der Waals surface area contributed by atoms with Crippen molar-refractivity contribution in [3.63, 3.8) is 0 Å². The summed E-state index contributed by atoms with van der Waals surface area (Å²) in [6, 6.07) is 9.13. The first-order chi connectivity index (χ1) is 17.9. The van der Waals surface area contributed by atoms with E-state index in [2.05, 4.69) is 31.3 Å². The topological polar surface area (TPSA) is 134 Å². The maximum absolute atomic E-state index is 13.3. The lowest BCUT2D eigenvalue weighted by molar-refractivity contribution is -0.120. The number of rotatable bonds is 5. The number of hydrogen-bond donors (Lipinski definition) is 1. The third kappa shape index (κ3) is 4.94. The lowest BCUT2D eigenvalue weighted by Gasteiger charge is -2.27. The molecule has 2 amide bonds. The molecule has 4 aromatic rings. The average molecular weight is 534 g/mol. The molecule has 12 heteroatoms. The maximum atomic E-state index is 13.3. The van der Waals surface area contributed by atoms with Crippen LogP contribution in [0.5, 0.6) is 5.75 Å². The number of benzene rings is 1. The standard InChI is InChI=1S/C25H20ClN7O3S/c1-13-7-16(17-9-15(26)3-4-19(17)36-2)18(11-28-13)23(35)32-25-31-22-24(37-25)30-20(12-29-22)33-6-5-14(10-27)8-21(33)34/h3-4,7,9,11-12,14H,5-6,8H2,1-2H3,(H,29,31,32,35). The van der Waals surface area contributed by atoms with Crippen LogP contribution < -0.4 is 15.0 Å². The van der Waals surface area contributed by atoms with E-state index in [0.29, 0.717) is 61.9 Å². The Labute approximate surface area is 220 Å². The third-order valence-electron chi connectivity index (χ3n) is 5.95. The van der Waals surface area contributed by atoms with Gasteiger partial charge in [-0.05, 0) is 37.6 Å². The van der Waals surface area contributed by atoms with Crippen molar-refractivity contribution < 1.29 is 14.3 Å². The molecule has 37 heavy (non-hydrogen) atoms. The monoisotopic (exact) mass is 533 g/mol. The van der Waals surface area contributed by atoms with Crippen molar-refractivity contribution in [2.45, 2.75) is 19.8 Å². The van der Waals surface area contributed by atoms with E-state index in [0.717, 1.165) is 17.0 Å². The van der Waals surface area contributed by atoms with E-state index in [9.17, 15) is 9.59 Å². The number of nitrogens with one attached hydrogen (secondary N) is 1. The molecule has 1 aliphatic rings. The molecule has 0 bridgehead atoms. The first-order valence-electron chi connectivity index (χ1n) is 11.3. The van der Waals surface area contributed by atoms with E-state index in [4.69, 9.17) is 21.6 Å². The number of aryl methyl sites for hydroxylation is 1. The van der Waals surface area contributed by atoms with Crippen molar-refractivity contribution in [1.82, 2.24) is 19.9 Å². The fourth-order valence-electron chi connectivity index (χ4n) is 4.10. The SMILES string of the molecule is COc1ccc(Cl)cc1-c1cc(C)ncc1C(=O)Nc1nc2ncc(N3CCC(C#N)CC3=O)nc2s1. The molecule has 1 N–H and O–H groups in total. The van der Waals surface area contributed by atoms with Crippen LogP contribution in [-0.2, 0) is 4.79 Å². The van der Waals surface area contributed by atoms with Gasteiger partial charge in [0.2, 0.25) is 5.91 Å². The minimum atomic E-state index is -0.419. The number of fused-ring (bicyclic) bond motifs is 1. The fraction of sp³-hybridized carbons (Fsp3) is 0.240. The fourth-order valence-corrected chi connectivity index (χ4v) is 5.06. The van der Waals surface area contributed by atoms with Gasteiger partial charge in [-0.3, -0.25) is 24.8 Å². The molecule has 0 spiro atoms. The number of pyridine rings is 1. The lowest BCUT2D eigenvalue weighted by atomic mass is 9.98. The Bertz CT molecular complexity index is 1580. The molecule has 10 nitrogen and oxygen atoms in total. The Morgan fingerprint density at radius 1 is 1.24 bits per heavy atom. The lowest BCUT2D eigenvalue weighted by Crippen LogP contribution is -2.39. The molecule has 186 valence electrons. The second kappa shape index (κ2) is 10.1. The third-order valence-corrected chi connectivity index (χ3v) is 7.04. The number of aromatic nitrogens is 4. The van der Waals surface area contributed by atoms with Crippen LogP contribution in [0.25, 0.3) is 21.6 Å². The highest BCUT2D eigenvalue weighted by molar-refractivity contribution is 7.21. The number of nitriles is 1. The van der Waals surface area contributed by atoms with E-state index >= 15 is 0 Å². The minimum absolute atomic E-state index is 0.157. The maximum Gasteiger partial charge on any atom is 0.259 e. The average Bonchev–Trinajstić information content (AvgIpc) is 3.29. The number of carbonyl (C=O) groups excluding carboxylic acids is 2. The predicted octanol–water partition coefficient (Wildman–Crippen LogP) is 4.64. The Hall–Kier alpha value is -4.14. The first kappa shape index (κ1) is 24.5. The molecule has 1 atom stereocenters. The highest BCUT2D eigenvalue weighted by Gasteiger charge is 2.28. The predicted molar refractivity (Wildman–Crippen MR) is 140 cm³/mol. The number of halogens is 1. The van der Waals surface area contributed by atoms with Crippen LogP contribution in [-0.4, -0.2) is 45.4 Å². The Balaban J connectivity index is 1.43. The summed E-state index contributed by atoms with van der Waals surface area (Å²) in [6.45, 7) is 2.23. The van der Waals surface area contributed by atoms with Crippen molar-refractivity contribution in [1.29, 1.82) is 5.26 Å². The summed E-state index contributed by atoms with van der Waals surface area (Å²) < 4.78 is 5.49. The second-order valence-corrected chi connectivity index (χ2v) is 9.82. The largest absolute Gasteiger partial charge is 0.496 e. The Morgan fingerprint density at radius 3 is 2.84 bits per heavy atom. The van der Waals surface area contributed by atoms with Crippen molar-refractivity contribution in [2.75, 3.05) is 23.9 Å². The quantitative estimate of drug-likeness (QED) is 0.392. The van der Waals surface area contributed by atoms with Gasteiger partial charge in [0.1, 0.15) is 5.75 Å². The molecule has 1 saturated heterocycles. The number of ether oxygens (including phenoxy) is 1. The van der Waals surface area contributed by atoms with Crippen LogP contribution in [0.15, 0.2) is 36.7 Å². The van der Waals surface area contributed by atoms with E-state index < -0.39 is 5.91 Å². The summed E-state index contributed by atoms with van der Waals surface area (Å²) in [6.07, 6.45) is 3.71. The number of nitrogens with zero attached hydrogens (tertiary/aromatic N) is 6. The van der Waals surface area contributed by atoms with Gasteiger partial charge in [-0.2, -0.15) is 10.2 Å². The van der Waals surface area contributed by atoms with Crippen molar-refractivity contribution in [3.05, 3.63) is 52.9 Å². The van der Waals surface area contributed by atoms with Gasteiger partial charge < -0.3 is 4.74 Å². The molecular weight excluding hydrogens is 514 g/mol. The molecule has 4 heterocycles. The molecule has 0 saturated carbocycles. The second-order valence-electron chi connectivity index (χ2n) is 8.41. The van der Waals surface area contributed by atoms with Gasteiger partial charge in [0.05, 0.1) is 30.9 Å². The van der Waals surface area contributed by atoms with Crippen molar-refractivity contribution in [3.8, 4) is 22.9 Å². The minimum Gasteiger partial charge on any atom is -0.496 e. The van der Waals surface area contributed by atoms with Gasteiger partial charge in [-0.1, -0.05) is 22.9 Å². The molecular formula is C25H20ClN7O3S. The van der Waals surface area contributed by atoms with E-state index in [1.807, 2.05) is 6.92 Å². The van der Waals surface area contributed by atoms with Crippen LogP contribution in [0.3, 0.4) is 0 Å². The molecule has 1 unspecified atom stereocenters. The number of carbonyl (C=O) groups is 2. The Kier molecular flexibility index (Phi) is 6.69. The summed E-state index contributed by atoms with van der Waals surface area (Å²) >= 11 is 7.38. The molecule has 1 aliphatic heterocycles. The van der Waals surface area contributed by atoms with E-state index in [1.54, 1.807) is 31.4 Å². The molecule has 5 rings (SSSR count). The van der Waals surface area contributed by atoms with Crippen LogP contribution in [0, 0.1) is 24.2 Å². The zero-order chi connectivity index (χ0) is 26.1. The molecule has 0 radical (unpaired) electrons. The van der Waals surface area contributed by atoms with Crippen LogP contribution >= 0.6 is 22.9 Å². The van der Waals surface area contributed by atoms with Gasteiger partial charge in [0.25, 0.3) is 5.91 Å². The van der Waals surface area contributed by atoms with Crippen LogP contribution in [0.1, 0.15) is 28.9 Å².